The largest absolute Gasteiger partial charge is 0.463 e. The summed E-state index contributed by atoms with van der Waals surface area (Å²) < 4.78 is 5.49. The predicted octanol–water partition coefficient (Wildman–Crippen LogP) is 3.50. The molecule has 126 valence electrons. The Bertz CT molecular complexity index is 720. The van der Waals surface area contributed by atoms with E-state index in [0.717, 1.165) is 18.0 Å². The third-order valence-corrected chi connectivity index (χ3v) is 5.62. The van der Waals surface area contributed by atoms with Crippen LogP contribution in [-0.4, -0.2) is 40.7 Å². The van der Waals surface area contributed by atoms with E-state index in [9.17, 15) is 4.79 Å². The molecular weight excluding hydrogens is 322 g/mol. The maximum absolute atomic E-state index is 12.9. The van der Waals surface area contributed by atoms with Crippen molar-refractivity contribution >= 4 is 23.0 Å². The molecule has 4 rings (SSSR count). The van der Waals surface area contributed by atoms with E-state index in [-0.39, 0.29) is 11.9 Å². The summed E-state index contributed by atoms with van der Waals surface area (Å²) in [5, 5.41) is 8.34. The molecule has 2 aliphatic rings. The van der Waals surface area contributed by atoms with Gasteiger partial charge in [-0.2, -0.15) is 5.10 Å². The first-order valence-corrected chi connectivity index (χ1v) is 9.35. The SMILES string of the molecule is CCN(CC(=O)N1N=C(c2ccco2)C[C@@H]1c1cccs1)C1CC1. The van der Waals surface area contributed by atoms with Crippen molar-refractivity contribution in [2.24, 2.45) is 5.10 Å². The van der Waals surface area contributed by atoms with Crippen LogP contribution in [0.1, 0.15) is 42.9 Å². The molecular formula is C18H21N3O2S. The van der Waals surface area contributed by atoms with Gasteiger partial charge in [-0.05, 0) is 43.0 Å². The van der Waals surface area contributed by atoms with Crippen LogP contribution in [0.15, 0.2) is 45.4 Å². The van der Waals surface area contributed by atoms with Gasteiger partial charge >= 0.3 is 0 Å². The van der Waals surface area contributed by atoms with Crippen molar-refractivity contribution in [3.8, 4) is 0 Å². The van der Waals surface area contributed by atoms with Crippen molar-refractivity contribution in [2.75, 3.05) is 13.1 Å². The van der Waals surface area contributed by atoms with E-state index in [4.69, 9.17) is 4.42 Å². The summed E-state index contributed by atoms with van der Waals surface area (Å²) in [5.41, 5.74) is 0.848. The number of amides is 1. The third-order valence-electron chi connectivity index (χ3n) is 4.65. The van der Waals surface area contributed by atoms with Gasteiger partial charge in [0.1, 0.15) is 11.5 Å². The summed E-state index contributed by atoms with van der Waals surface area (Å²) in [4.78, 5) is 16.3. The van der Waals surface area contributed by atoms with Crippen LogP contribution in [0, 0.1) is 0 Å². The zero-order valence-electron chi connectivity index (χ0n) is 13.7. The fourth-order valence-corrected chi connectivity index (χ4v) is 4.03. The van der Waals surface area contributed by atoms with Crippen molar-refractivity contribution in [3.05, 3.63) is 46.5 Å². The minimum Gasteiger partial charge on any atom is -0.463 e. The molecule has 1 atom stereocenters. The lowest BCUT2D eigenvalue weighted by Crippen LogP contribution is -2.39. The van der Waals surface area contributed by atoms with Crippen LogP contribution in [0.4, 0.5) is 0 Å². The lowest BCUT2D eigenvalue weighted by atomic mass is 10.1. The Balaban J connectivity index is 1.57. The molecule has 0 radical (unpaired) electrons. The number of furan rings is 1. The van der Waals surface area contributed by atoms with Crippen LogP contribution >= 0.6 is 11.3 Å². The Hall–Kier alpha value is -1.92. The molecule has 0 saturated heterocycles. The number of nitrogens with zero attached hydrogens (tertiary/aromatic N) is 3. The van der Waals surface area contributed by atoms with Gasteiger partial charge in [-0.15, -0.1) is 11.3 Å². The van der Waals surface area contributed by atoms with Gasteiger partial charge in [-0.1, -0.05) is 13.0 Å². The first-order chi connectivity index (χ1) is 11.8. The Labute approximate surface area is 145 Å². The van der Waals surface area contributed by atoms with Gasteiger partial charge in [-0.25, -0.2) is 5.01 Å². The lowest BCUT2D eigenvalue weighted by Gasteiger charge is -2.25. The summed E-state index contributed by atoms with van der Waals surface area (Å²) in [6.45, 7) is 3.46. The molecule has 1 amide bonds. The quantitative estimate of drug-likeness (QED) is 0.806. The second kappa shape index (κ2) is 6.53. The third kappa shape index (κ3) is 3.03. The molecule has 2 aromatic rings. The van der Waals surface area contributed by atoms with Crippen LogP contribution < -0.4 is 0 Å². The molecule has 1 aliphatic heterocycles. The number of carbonyl (C=O) groups excluding carboxylic acids is 1. The highest BCUT2D eigenvalue weighted by Gasteiger charge is 2.37. The standard InChI is InChI=1S/C18H21N3O2S/c1-2-20(13-7-8-13)12-18(22)21-15(17-6-4-10-24-17)11-14(19-21)16-5-3-9-23-16/h3-6,9-10,13,15H,2,7-8,11-12H2,1H3/t15-/m1/s1. The van der Waals surface area contributed by atoms with E-state index >= 15 is 0 Å². The summed E-state index contributed by atoms with van der Waals surface area (Å²) in [7, 11) is 0. The molecule has 0 spiro atoms. The summed E-state index contributed by atoms with van der Waals surface area (Å²) in [6.07, 6.45) is 4.76. The zero-order valence-corrected chi connectivity index (χ0v) is 14.5. The van der Waals surface area contributed by atoms with Gasteiger partial charge in [0.25, 0.3) is 5.91 Å². The zero-order chi connectivity index (χ0) is 16.5. The van der Waals surface area contributed by atoms with Crippen LogP contribution in [0.2, 0.25) is 0 Å². The van der Waals surface area contributed by atoms with Crippen LogP contribution in [0.3, 0.4) is 0 Å². The Morgan fingerprint density at radius 1 is 1.42 bits per heavy atom. The van der Waals surface area contributed by atoms with Crippen LogP contribution in [0.25, 0.3) is 0 Å². The molecule has 1 saturated carbocycles. The topological polar surface area (TPSA) is 49.1 Å². The van der Waals surface area contributed by atoms with Crippen molar-refractivity contribution in [1.29, 1.82) is 0 Å². The maximum atomic E-state index is 12.9. The smallest absolute Gasteiger partial charge is 0.257 e. The van der Waals surface area contributed by atoms with E-state index in [2.05, 4.69) is 23.0 Å². The van der Waals surface area contributed by atoms with Gasteiger partial charge in [0, 0.05) is 17.3 Å². The van der Waals surface area contributed by atoms with Gasteiger partial charge in [0.05, 0.1) is 18.8 Å². The number of carbonyl (C=O) groups is 1. The Kier molecular flexibility index (Phi) is 4.24. The average Bonchev–Trinajstić information content (AvgIpc) is 3.06. The summed E-state index contributed by atoms with van der Waals surface area (Å²) in [5.74, 6) is 0.824. The highest BCUT2D eigenvalue weighted by atomic mass is 32.1. The van der Waals surface area contributed by atoms with E-state index in [1.807, 2.05) is 23.6 Å². The molecule has 0 N–H and O–H groups in total. The van der Waals surface area contributed by atoms with Crippen LogP contribution in [0.5, 0.6) is 0 Å². The molecule has 0 unspecified atom stereocenters. The molecule has 3 heterocycles. The second-order valence-electron chi connectivity index (χ2n) is 6.29. The molecule has 0 aromatic carbocycles. The van der Waals surface area contributed by atoms with Gasteiger partial charge in [0.2, 0.25) is 0 Å². The maximum Gasteiger partial charge on any atom is 0.257 e. The average molecular weight is 343 g/mol. The number of rotatable bonds is 6. The predicted molar refractivity (Wildman–Crippen MR) is 94.0 cm³/mol. The monoisotopic (exact) mass is 343 g/mol. The first kappa shape index (κ1) is 15.6. The molecule has 2 aromatic heterocycles. The number of likely N-dealkylation sites (N-methyl/N-ethyl adjacent to an activating group) is 1. The van der Waals surface area contributed by atoms with Gasteiger partial charge in [-0.3, -0.25) is 9.69 Å². The molecule has 5 nitrogen and oxygen atoms in total. The van der Waals surface area contributed by atoms with Crippen molar-refractivity contribution in [1.82, 2.24) is 9.91 Å². The number of thiophene rings is 1. The fourth-order valence-electron chi connectivity index (χ4n) is 3.22. The van der Waals surface area contributed by atoms with E-state index in [0.29, 0.717) is 19.0 Å². The van der Waals surface area contributed by atoms with E-state index in [1.54, 1.807) is 22.6 Å². The Morgan fingerprint density at radius 2 is 2.29 bits per heavy atom. The molecule has 0 bridgehead atoms. The van der Waals surface area contributed by atoms with Crippen LogP contribution in [-0.2, 0) is 4.79 Å². The summed E-state index contributed by atoms with van der Waals surface area (Å²) in [6, 6.07) is 8.42. The molecule has 1 fully saturated rings. The number of hydrazone groups is 1. The number of hydrogen-bond donors (Lipinski definition) is 0. The minimum absolute atomic E-state index is 0.0180. The first-order valence-electron chi connectivity index (χ1n) is 8.47. The normalized spacial score (nSPS) is 20.7. The minimum atomic E-state index is -0.0180. The van der Waals surface area contributed by atoms with Crippen molar-refractivity contribution < 1.29 is 9.21 Å². The van der Waals surface area contributed by atoms with Gasteiger partial charge in [0.15, 0.2) is 0 Å². The lowest BCUT2D eigenvalue weighted by molar-refractivity contribution is -0.134. The highest BCUT2D eigenvalue weighted by molar-refractivity contribution is 7.10. The highest BCUT2D eigenvalue weighted by Crippen LogP contribution is 2.35. The molecule has 6 heteroatoms. The number of hydrogen-bond acceptors (Lipinski definition) is 5. The van der Waals surface area contributed by atoms with E-state index in [1.165, 1.54) is 17.7 Å². The van der Waals surface area contributed by atoms with Crippen molar-refractivity contribution in [2.45, 2.75) is 38.3 Å². The Morgan fingerprint density at radius 3 is 2.92 bits per heavy atom. The van der Waals surface area contributed by atoms with E-state index < -0.39 is 0 Å². The van der Waals surface area contributed by atoms with Crippen molar-refractivity contribution in [3.63, 3.8) is 0 Å². The molecule has 24 heavy (non-hydrogen) atoms. The molecule has 1 aliphatic carbocycles. The fraction of sp³-hybridized carbons (Fsp3) is 0.444. The summed E-state index contributed by atoms with van der Waals surface area (Å²) >= 11 is 1.67. The second-order valence-corrected chi connectivity index (χ2v) is 7.27. The van der Waals surface area contributed by atoms with Gasteiger partial charge < -0.3 is 4.42 Å².